The first-order valence-corrected chi connectivity index (χ1v) is 5.80. The average Bonchev–Trinajstić information content (AvgIpc) is 2.44. The maximum absolute atomic E-state index is 11.0. The summed E-state index contributed by atoms with van der Waals surface area (Å²) in [6.45, 7) is 1.57. The number of fused-ring (bicyclic) bond motifs is 1. The lowest BCUT2D eigenvalue weighted by molar-refractivity contribution is -0.138. The number of carboxylic acids is 1. The Bertz CT molecular complexity index is 676. The Morgan fingerprint density at radius 1 is 1.47 bits per heavy atom. The summed E-state index contributed by atoms with van der Waals surface area (Å²) in [7, 11) is 1.65. The summed E-state index contributed by atoms with van der Waals surface area (Å²) in [5.41, 5.74) is 1.17. The number of rotatable bonds is 3. The van der Waals surface area contributed by atoms with Crippen LogP contribution >= 0.6 is 0 Å². The first-order valence-electron chi connectivity index (χ1n) is 5.80. The van der Waals surface area contributed by atoms with Crippen LogP contribution in [0.1, 0.15) is 12.5 Å². The minimum Gasteiger partial charge on any atom is -0.480 e. The maximum atomic E-state index is 11.0. The van der Waals surface area contributed by atoms with E-state index in [9.17, 15) is 10.1 Å². The van der Waals surface area contributed by atoms with Crippen LogP contribution in [0.5, 0.6) is 0 Å². The second kappa shape index (κ2) is 4.94. The van der Waals surface area contributed by atoms with Crippen LogP contribution in [-0.2, 0) is 4.79 Å². The van der Waals surface area contributed by atoms with E-state index in [-0.39, 0.29) is 0 Å². The Labute approximate surface area is 110 Å². The second-order valence-corrected chi connectivity index (χ2v) is 4.28. The maximum Gasteiger partial charge on any atom is 0.326 e. The summed E-state index contributed by atoms with van der Waals surface area (Å²) < 4.78 is 0. The molecule has 0 saturated carbocycles. The smallest absolute Gasteiger partial charge is 0.326 e. The third-order valence-corrected chi connectivity index (χ3v) is 3.12. The lowest BCUT2D eigenvalue weighted by Gasteiger charge is -2.23. The van der Waals surface area contributed by atoms with Crippen molar-refractivity contribution in [3.05, 3.63) is 35.9 Å². The number of aliphatic carboxylic acids is 1. The summed E-state index contributed by atoms with van der Waals surface area (Å²) in [6.07, 6.45) is 0. The molecule has 2 aromatic rings. The Morgan fingerprint density at radius 3 is 2.79 bits per heavy atom. The molecule has 1 N–H and O–H groups in total. The minimum absolute atomic E-state index is 0.477. The number of aromatic nitrogens is 1. The molecular formula is C14H13N3O2. The number of hydrogen-bond donors (Lipinski definition) is 1. The predicted molar refractivity (Wildman–Crippen MR) is 72.0 cm³/mol. The molecule has 1 heterocycles. The van der Waals surface area contributed by atoms with E-state index in [4.69, 9.17) is 5.11 Å². The molecule has 1 aromatic carbocycles. The van der Waals surface area contributed by atoms with Crippen LogP contribution in [0.3, 0.4) is 0 Å². The van der Waals surface area contributed by atoms with E-state index in [1.54, 1.807) is 26.1 Å². The number of pyridine rings is 1. The molecule has 0 spiro atoms. The van der Waals surface area contributed by atoms with Crippen molar-refractivity contribution in [2.45, 2.75) is 13.0 Å². The zero-order valence-corrected chi connectivity index (χ0v) is 10.7. The first kappa shape index (κ1) is 12.8. The molecule has 2 rings (SSSR count). The van der Waals surface area contributed by atoms with E-state index in [2.05, 4.69) is 11.1 Å². The molecule has 0 radical (unpaired) electrons. The van der Waals surface area contributed by atoms with Crippen molar-refractivity contribution < 1.29 is 9.90 Å². The standard InChI is InChI=1S/C14H13N3O2/c1-9(14(18)19)17(2)13-7-10(8-15)11-5-3-4-6-12(11)16-13/h3-7,9H,1-2H3,(H,18,19). The van der Waals surface area contributed by atoms with E-state index in [0.29, 0.717) is 16.9 Å². The van der Waals surface area contributed by atoms with E-state index in [1.807, 2.05) is 18.2 Å². The summed E-state index contributed by atoms with van der Waals surface area (Å²) >= 11 is 0. The van der Waals surface area contributed by atoms with Gasteiger partial charge < -0.3 is 10.0 Å². The quantitative estimate of drug-likeness (QED) is 0.907. The monoisotopic (exact) mass is 255 g/mol. The van der Waals surface area contributed by atoms with E-state index in [0.717, 1.165) is 5.39 Å². The van der Waals surface area contributed by atoms with Crippen molar-refractivity contribution in [2.24, 2.45) is 0 Å². The summed E-state index contributed by atoms with van der Waals surface area (Å²) in [5.74, 6) is -0.457. The fourth-order valence-corrected chi connectivity index (χ4v) is 1.80. The van der Waals surface area contributed by atoms with Crippen molar-refractivity contribution in [3.63, 3.8) is 0 Å². The average molecular weight is 255 g/mol. The molecule has 0 bridgehead atoms. The Balaban J connectivity index is 2.57. The predicted octanol–water partition coefficient (Wildman–Crippen LogP) is 2.02. The van der Waals surface area contributed by atoms with E-state index < -0.39 is 12.0 Å². The van der Waals surface area contributed by atoms with Gasteiger partial charge in [-0.3, -0.25) is 0 Å². The largest absolute Gasteiger partial charge is 0.480 e. The van der Waals surface area contributed by atoms with Gasteiger partial charge in [0.2, 0.25) is 0 Å². The molecule has 96 valence electrons. The van der Waals surface area contributed by atoms with E-state index in [1.165, 1.54) is 4.90 Å². The van der Waals surface area contributed by atoms with Gasteiger partial charge in [-0.25, -0.2) is 9.78 Å². The molecule has 0 fully saturated rings. The highest BCUT2D eigenvalue weighted by Crippen LogP contribution is 2.22. The Kier molecular flexibility index (Phi) is 3.34. The number of carbonyl (C=O) groups is 1. The number of benzene rings is 1. The van der Waals surface area contributed by atoms with Crippen molar-refractivity contribution in [2.75, 3.05) is 11.9 Å². The van der Waals surface area contributed by atoms with Gasteiger partial charge in [0, 0.05) is 12.4 Å². The zero-order valence-electron chi connectivity index (χ0n) is 10.7. The highest BCUT2D eigenvalue weighted by atomic mass is 16.4. The molecule has 1 aromatic heterocycles. The SMILES string of the molecule is CC(C(=O)O)N(C)c1cc(C#N)c2ccccc2n1. The van der Waals surface area contributed by atoms with Crippen LogP contribution in [0.25, 0.3) is 10.9 Å². The van der Waals surface area contributed by atoms with Gasteiger partial charge in [-0.15, -0.1) is 0 Å². The topological polar surface area (TPSA) is 77.2 Å². The van der Waals surface area contributed by atoms with Crippen LogP contribution in [0.4, 0.5) is 5.82 Å². The summed E-state index contributed by atoms with van der Waals surface area (Å²) in [4.78, 5) is 16.9. The van der Waals surface area contributed by atoms with Crippen LogP contribution < -0.4 is 4.90 Å². The second-order valence-electron chi connectivity index (χ2n) is 4.28. The highest BCUT2D eigenvalue weighted by Gasteiger charge is 2.19. The minimum atomic E-state index is -0.934. The van der Waals surface area contributed by atoms with Crippen molar-refractivity contribution in [1.29, 1.82) is 5.26 Å². The summed E-state index contributed by atoms with van der Waals surface area (Å²) in [6, 6.07) is 10.3. The lowest BCUT2D eigenvalue weighted by Crippen LogP contribution is -2.36. The number of carboxylic acid groups (broad SMARTS) is 1. The number of nitrogens with zero attached hydrogens (tertiary/aromatic N) is 3. The molecular weight excluding hydrogens is 242 g/mol. The molecule has 0 amide bonds. The number of anilines is 1. The van der Waals surface area contributed by atoms with Gasteiger partial charge in [-0.05, 0) is 19.1 Å². The Morgan fingerprint density at radius 2 is 2.16 bits per heavy atom. The molecule has 0 saturated heterocycles. The van der Waals surface area contributed by atoms with E-state index >= 15 is 0 Å². The molecule has 0 aliphatic rings. The highest BCUT2D eigenvalue weighted by molar-refractivity contribution is 5.87. The van der Waals surface area contributed by atoms with Crippen LogP contribution in [-0.4, -0.2) is 29.1 Å². The van der Waals surface area contributed by atoms with Gasteiger partial charge in [-0.1, -0.05) is 18.2 Å². The molecule has 0 aliphatic heterocycles. The third-order valence-electron chi connectivity index (χ3n) is 3.12. The van der Waals surface area contributed by atoms with Gasteiger partial charge >= 0.3 is 5.97 Å². The van der Waals surface area contributed by atoms with Gasteiger partial charge in [0.1, 0.15) is 11.9 Å². The van der Waals surface area contributed by atoms with Crippen LogP contribution in [0.2, 0.25) is 0 Å². The molecule has 0 aliphatic carbocycles. The molecule has 19 heavy (non-hydrogen) atoms. The zero-order chi connectivity index (χ0) is 14.0. The normalized spacial score (nSPS) is 11.8. The van der Waals surface area contributed by atoms with Gasteiger partial charge in [0.05, 0.1) is 17.1 Å². The lowest BCUT2D eigenvalue weighted by atomic mass is 10.1. The molecule has 5 heteroatoms. The van der Waals surface area contributed by atoms with Crippen molar-refractivity contribution in [1.82, 2.24) is 4.98 Å². The number of hydrogen-bond acceptors (Lipinski definition) is 4. The number of para-hydroxylation sites is 1. The molecule has 5 nitrogen and oxygen atoms in total. The number of nitriles is 1. The fraction of sp³-hybridized carbons (Fsp3) is 0.214. The van der Waals surface area contributed by atoms with Crippen molar-refractivity contribution >= 4 is 22.7 Å². The van der Waals surface area contributed by atoms with Gasteiger partial charge in [0.15, 0.2) is 0 Å². The summed E-state index contributed by atoms with van der Waals surface area (Å²) in [5, 5.41) is 19.0. The van der Waals surface area contributed by atoms with Crippen LogP contribution in [0.15, 0.2) is 30.3 Å². The molecule has 1 atom stereocenters. The van der Waals surface area contributed by atoms with Crippen LogP contribution in [0, 0.1) is 11.3 Å². The van der Waals surface area contributed by atoms with Gasteiger partial charge in [-0.2, -0.15) is 5.26 Å². The number of likely N-dealkylation sites (N-methyl/N-ethyl adjacent to an activating group) is 1. The molecule has 1 unspecified atom stereocenters. The van der Waals surface area contributed by atoms with Gasteiger partial charge in [0.25, 0.3) is 0 Å². The third kappa shape index (κ3) is 2.33. The fourth-order valence-electron chi connectivity index (χ4n) is 1.80. The van der Waals surface area contributed by atoms with Crippen molar-refractivity contribution in [3.8, 4) is 6.07 Å². The Hall–Kier alpha value is -2.61. The first-order chi connectivity index (χ1) is 9.04.